The molecule has 1 rings (SSSR count). The highest BCUT2D eigenvalue weighted by Gasteiger charge is 2.17. The third kappa shape index (κ3) is 1.33. The minimum absolute atomic E-state index is 0.0544. The number of carbonyl (C=O) groups is 1. The lowest BCUT2D eigenvalue weighted by molar-refractivity contribution is -0.127. The largest absolute Gasteiger partial charge is 0.320 e. The first-order chi connectivity index (χ1) is 4.72. The lowest BCUT2D eigenvalue weighted by Crippen LogP contribution is -2.40. The van der Waals surface area contributed by atoms with Gasteiger partial charge < -0.3 is 10.6 Å². The lowest BCUT2D eigenvalue weighted by Gasteiger charge is -2.13. The van der Waals surface area contributed by atoms with Crippen molar-refractivity contribution in [2.45, 2.75) is 13.0 Å². The van der Waals surface area contributed by atoms with Gasteiger partial charge >= 0.3 is 0 Å². The summed E-state index contributed by atoms with van der Waals surface area (Å²) in [5, 5.41) is 0. The zero-order valence-corrected chi connectivity index (χ0v) is 5.95. The molecule has 1 aliphatic heterocycles. The van der Waals surface area contributed by atoms with Crippen molar-refractivity contribution in [1.29, 1.82) is 0 Å². The van der Waals surface area contributed by atoms with Crippen molar-refractivity contribution in [2.75, 3.05) is 13.1 Å². The molecule has 0 spiro atoms. The molecule has 1 heterocycles. The van der Waals surface area contributed by atoms with Gasteiger partial charge in [0.2, 0.25) is 5.91 Å². The van der Waals surface area contributed by atoms with Gasteiger partial charge in [-0.05, 0) is 6.92 Å². The van der Waals surface area contributed by atoms with Gasteiger partial charge in [0.25, 0.3) is 0 Å². The number of rotatable bonds is 1. The predicted molar refractivity (Wildman–Crippen MR) is 38.7 cm³/mol. The van der Waals surface area contributed by atoms with Crippen molar-refractivity contribution in [2.24, 2.45) is 10.7 Å². The first kappa shape index (κ1) is 7.21. The molecule has 4 nitrogen and oxygen atoms in total. The van der Waals surface area contributed by atoms with Gasteiger partial charge in [0.05, 0.1) is 18.9 Å². The van der Waals surface area contributed by atoms with Crippen molar-refractivity contribution in [3.8, 4) is 0 Å². The number of nitrogens with two attached hydrogens (primary N) is 1. The molecule has 0 aromatic rings. The predicted octanol–water partition coefficient (Wildman–Crippen LogP) is -0.796. The maximum Gasteiger partial charge on any atom is 0.244 e. The number of hydrogen-bond acceptors (Lipinski definition) is 3. The molecule has 0 radical (unpaired) electrons. The molecule has 0 saturated carbocycles. The van der Waals surface area contributed by atoms with E-state index in [0.717, 1.165) is 0 Å². The molecule has 0 fully saturated rings. The number of aliphatic imine (C=N–C) groups is 1. The molecule has 56 valence electrons. The minimum atomic E-state index is -0.412. The molecule has 2 N–H and O–H groups in total. The van der Waals surface area contributed by atoms with Crippen LogP contribution in [0.5, 0.6) is 0 Å². The molecule has 1 atom stereocenters. The summed E-state index contributed by atoms with van der Waals surface area (Å²) in [6.45, 7) is 3.06. The van der Waals surface area contributed by atoms with Crippen LogP contribution in [0.15, 0.2) is 4.99 Å². The quantitative estimate of drug-likeness (QED) is 0.520. The van der Waals surface area contributed by atoms with Crippen LogP contribution in [0.2, 0.25) is 0 Å². The van der Waals surface area contributed by atoms with E-state index in [-0.39, 0.29) is 5.91 Å². The van der Waals surface area contributed by atoms with Crippen LogP contribution in [0, 0.1) is 0 Å². The molecule has 1 unspecified atom stereocenters. The first-order valence-electron chi connectivity index (χ1n) is 3.28. The standard InChI is InChI=1S/C6H11N3O/c1-5(7)6(10)9-3-2-8-4-9/h4-5H,2-3,7H2,1H3. The van der Waals surface area contributed by atoms with Gasteiger partial charge in [0, 0.05) is 6.54 Å². The average Bonchev–Trinajstić information content (AvgIpc) is 2.36. The summed E-state index contributed by atoms with van der Waals surface area (Å²) in [4.78, 5) is 16.5. The number of hydrogen-bond donors (Lipinski definition) is 1. The van der Waals surface area contributed by atoms with Crippen LogP contribution >= 0.6 is 0 Å². The Hall–Kier alpha value is -0.900. The molecule has 1 aliphatic rings. The van der Waals surface area contributed by atoms with Gasteiger partial charge in [0.15, 0.2) is 0 Å². The van der Waals surface area contributed by atoms with Crippen molar-refractivity contribution in [1.82, 2.24) is 4.90 Å². The molecular formula is C6H11N3O. The lowest BCUT2D eigenvalue weighted by atomic mass is 10.3. The van der Waals surface area contributed by atoms with E-state index in [1.807, 2.05) is 0 Å². The highest BCUT2D eigenvalue weighted by Crippen LogP contribution is 1.95. The molecular weight excluding hydrogens is 130 g/mol. The Balaban J connectivity index is 2.49. The van der Waals surface area contributed by atoms with Gasteiger partial charge in [-0.3, -0.25) is 9.79 Å². The van der Waals surface area contributed by atoms with Crippen LogP contribution in [-0.2, 0) is 4.79 Å². The summed E-state index contributed by atoms with van der Waals surface area (Å²) in [5.41, 5.74) is 5.36. The number of nitrogens with zero attached hydrogens (tertiary/aromatic N) is 2. The van der Waals surface area contributed by atoms with Crippen LogP contribution in [0.3, 0.4) is 0 Å². The van der Waals surface area contributed by atoms with E-state index in [1.54, 1.807) is 18.2 Å². The van der Waals surface area contributed by atoms with Crippen LogP contribution in [0.4, 0.5) is 0 Å². The van der Waals surface area contributed by atoms with Crippen LogP contribution in [-0.4, -0.2) is 36.3 Å². The van der Waals surface area contributed by atoms with E-state index in [1.165, 1.54) is 0 Å². The fourth-order valence-electron chi connectivity index (χ4n) is 0.808. The normalized spacial score (nSPS) is 19.6. The second-order valence-corrected chi connectivity index (χ2v) is 2.34. The molecule has 4 heteroatoms. The first-order valence-corrected chi connectivity index (χ1v) is 3.28. The second kappa shape index (κ2) is 2.79. The highest BCUT2D eigenvalue weighted by molar-refractivity contribution is 5.91. The van der Waals surface area contributed by atoms with Crippen molar-refractivity contribution in [3.05, 3.63) is 0 Å². The second-order valence-electron chi connectivity index (χ2n) is 2.34. The SMILES string of the molecule is CC(N)C(=O)N1C=NCC1. The topological polar surface area (TPSA) is 58.7 Å². The van der Waals surface area contributed by atoms with Gasteiger partial charge in [-0.2, -0.15) is 0 Å². The van der Waals surface area contributed by atoms with Crippen LogP contribution in [0.25, 0.3) is 0 Å². The van der Waals surface area contributed by atoms with Crippen molar-refractivity contribution < 1.29 is 4.79 Å². The molecule has 0 aliphatic carbocycles. The van der Waals surface area contributed by atoms with Gasteiger partial charge in [-0.25, -0.2) is 0 Å². The van der Waals surface area contributed by atoms with Gasteiger partial charge in [-0.15, -0.1) is 0 Å². The number of amides is 1. The third-order valence-corrected chi connectivity index (χ3v) is 1.36. The summed E-state index contributed by atoms with van der Waals surface area (Å²) >= 11 is 0. The Morgan fingerprint density at radius 2 is 2.60 bits per heavy atom. The monoisotopic (exact) mass is 141 g/mol. The third-order valence-electron chi connectivity index (χ3n) is 1.36. The van der Waals surface area contributed by atoms with E-state index >= 15 is 0 Å². The van der Waals surface area contributed by atoms with Gasteiger partial charge in [0.1, 0.15) is 0 Å². The molecule has 0 saturated heterocycles. The van der Waals surface area contributed by atoms with E-state index < -0.39 is 6.04 Å². The summed E-state index contributed by atoms with van der Waals surface area (Å²) in [5.74, 6) is -0.0544. The summed E-state index contributed by atoms with van der Waals surface area (Å²) in [7, 11) is 0. The fraction of sp³-hybridized carbons (Fsp3) is 0.667. The minimum Gasteiger partial charge on any atom is -0.320 e. The summed E-state index contributed by atoms with van der Waals surface area (Å²) in [6.07, 6.45) is 1.55. The zero-order chi connectivity index (χ0) is 7.56. The Kier molecular flexibility index (Phi) is 2.01. The van der Waals surface area contributed by atoms with E-state index in [9.17, 15) is 4.79 Å². The Labute approximate surface area is 59.7 Å². The summed E-state index contributed by atoms with van der Waals surface area (Å²) in [6, 6.07) is -0.412. The maximum absolute atomic E-state index is 11.1. The van der Waals surface area contributed by atoms with E-state index in [2.05, 4.69) is 4.99 Å². The molecule has 10 heavy (non-hydrogen) atoms. The molecule has 0 aromatic heterocycles. The zero-order valence-electron chi connectivity index (χ0n) is 5.95. The Bertz CT molecular complexity index is 164. The molecule has 1 amide bonds. The maximum atomic E-state index is 11.1. The van der Waals surface area contributed by atoms with Gasteiger partial charge in [-0.1, -0.05) is 0 Å². The Morgan fingerprint density at radius 1 is 1.90 bits per heavy atom. The van der Waals surface area contributed by atoms with Crippen molar-refractivity contribution >= 4 is 12.2 Å². The van der Waals surface area contributed by atoms with Crippen molar-refractivity contribution in [3.63, 3.8) is 0 Å². The fourth-order valence-corrected chi connectivity index (χ4v) is 0.808. The highest BCUT2D eigenvalue weighted by atomic mass is 16.2. The Morgan fingerprint density at radius 3 is 3.00 bits per heavy atom. The van der Waals surface area contributed by atoms with Crippen LogP contribution < -0.4 is 5.73 Å². The smallest absolute Gasteiger partial charge is 0.244 e. The number of carbonyl (C=O) groups excluding carboxylic acids is 1. The average molecular weight is 141 g/mol. The summed E-state index contributed by atoms with van der Waals surface area (Å²) < 4.78 is 0. The molecule has 0 aromatic carbocycles. The molecule has 0 bridgehead atoms. The van der Waals surface area contributed by atoms with Crippen LogP contribution in [0.1, 0.15) is 6.92 Å². The van der Waals surface area contributed by atoms with E-state index in [4.69, 9.17) is 5.73 Å². The van der Waals surface area contributed by atoms with E-state index in [0.29, 0.717) is 13.1 Å².